The second-order valence-electron chi connectivity index (χ2n) is 4.33. The molecule has 0 aromatic heterocycles. The van der Waals surface area contributed by atoms with Crippen LogP contribution in [0.4, 0.5) is 11.4 Å². The number of anilines is 2. The molecule has 0 radical (unpaired) electrons. The zero-order valence-electron chi connectivity index (χ0n) is 11.4. The first-order valence-corrected chi connectivity index (χ1v) is 7.83. The van der Waals surface area contributed by atoms with E-state index in [1.807, 2.05) is 0 Å². The van der Waals surface area contributed by atoms with E-state index in [-0.39, 0.29) is 17.8 Å². The van der Waals surface area contributed by atoms with Gasteiger partial charge in [0.2, 0.25) is 10.0 Å². The van der Waals surface area contributed by atoms with E-state index < -0.39 is 21.7 Å². The number of fused-ring (bicyclic) bond motifs is 1. The van der Waals surface area contributed by atoms with Crippen molar-refractivity contribution < 1.29 is 27.4 Å². The maximum Gasteiger partial charge on any atom is 0.306 e. The molecule has 0 saturated heterocycles. The average Bonchev–Trinajstić information content (AvgIpc) is 2.45. The fourth-order valence-corrected chi connectivity index (χ4v) is 2.78. The fourth-order valence-electron chi connectivity index (χ4n) is 1.73. The van der Waals surface area contributed by atoms with Crippen LogP contribution in [0.2, 0.25) is 0 Å². The van der Waals surface area contributed by atoms with E-state index in [9.17, 15) is 13.2 Å². The molecular formula is C12H16N2O6S. The van der Waals surface area contributed by atoms with Gasteiger partial charge in [0, 0.05) is 12.1 Å². The number of carbonyl (C=O) groups excluding carboxylic acids is 1. The number of ether oxygens (including phenoxy) is 3. The molecule has 0 aliphatic carbocycles. The van der Waals surface area contributed by atoms with Gasteiger partial charge in [-0.3, -0.25) is 9.52 Å². The first-order valence-electron chi connectivity index (χ1n) is 6.18. The van der Waals surface area contributed by atoms with Crippen molar-refractivity contribution in [1.82, 2.24) is 0 Å². The topological polar surface area (TPSA) is 117 Å². The van der Waals surface area contributed by atoms with Crippen LogP contribution >= 0.6 is 0 Å². The van der Waals surface area contributed by atoms with Crippen molar-refractivity contribution in [3.63, 3.8) is 0 Å². The number of nitrogens with one attached hydrogen (secondary N) is 1. The van der Waals surface area contributed by atoms with Gasteiger partial charge in [0.1, 0.15) is 13.2 Å². The number of hydrogen-bond donors (Lipinski definition) is 2. The third-order valence-electron chi connectivity index (χ3n) is 2.78. The number of rotatable bonds is 5. The van der Waals surface area contributed by atoms with E-state index >= 15 is 0 Å². The normalized spacial score (nSPS) is 13.6. The molecule has 0 saturated carbocycles. The predicted octanol–water partition coefficient (Wildman–Crippen LogP) is 0.345. The number of hydrogen-bond acceptors (Lipinski definition) is 7. The van der Waals surface area contributed by atoms with Crippen molar-refractivity contribution in [1.29, 1.82) is 0 Å². The minimum atomic E-state index is -3.72. The smallest absolute Gasteiger partial charge is 0.306 e. The van der Waals surface area contributed by atoms with Gasteiger partial charge in [-0.05, 0) is 0 Å². The lowest BCUT2D eigenvalue weighted by atomic mass is 10.2. The Kier molecular flexibility index (Phi) is 4.41. The van der Waals surface area contributed by atoms with Gasteiger partial charge < -0.3 is 19.9 Å². The fraction of sp³-hybridized carbons (Fsp3) is 0.417. The number of nitrogens with two attached hydrogens (primary N) is 1. The van der Waals surface area contributed by atoms with Gasteiger partial charge >= 0.3 is 5.97 Å². The lowest BCUT2D eigenvalue weighted by molar-refractivity contribution is -0.140. The maximum absolute atomic E-state index is 11.9. The van der Waals surface area contributed by atoms with Crippen LogP contribution in [0.5, 0.6) is 11.5 Å². The minimum absolute atomic E-state index is 0.184. The Morgan fingerprint density at radius 3 is 2.57 bits per heavy atom. The van der Waals surface area contributed by atoms with Crippen LogP contribution in [0.25, 0.3) is 0 Å². The molecule has 1 aliphatic heterocycles. The monoisotopic (exact) mass is 316 g/mol. The van der Waals surface area contributed by atoms with E-state index in [4.69, 9.17) is 15.2 Å². The summed E-state index contributed by atoms with van der Waals surface area (Å²) in [5, 5.41) is 0. The van der Waals surface area contributed by atoms with Crippen LogP contribution in [0.1, 0.15) is 6.42 Å². The number of sulfonamides is 1. The molecule has 1 aromatic carbocycles. The Morgan fingerprint density at radius 1 is 1.33 bits per heavy atom. The maximum atomic E-state index is 11.9. The summed E-state index contributed by atoms with van der Waals surface area (Å²) in [6, 6.07) is 2.95. The molecule has 1 heterocycles. The summed E-state index contributed by atoms with van der Waals surface area (Å²) in [5.41, 5.74) is 6.17. The number of benzene rings is 1. The van der Waals surface area contributed by atoms with Gasteiger partial charge in [-0.15, -0.1) is 0 Å². The van der Waals surface area contributed by atoms with E-state index in [1.165, 1.54) is 19.2 Å². The Balaban J connectivity index is 2.13. The molecule has 2 rings (SSSR count). The first kappa shape index (κ1) is 15.2. The van der Waals surface area contributed by atoms with Gasteiger partial charge in [-0.1, -0.05) is 0 Å². The Labute approximate surface area is 122 Å². The van der Waals surface area contributed by atoms with Gasteiger partial charge in [0.25, 0.3) is 0 Å². The lowest BCUT2D eigenvalue weighted by Crippen LogP contribution is -2.21. The van der Waals surface area contributed by atoms with E-state index in [0.29, 0.717) is 24.7 Å². The molecule has 9 heteroatoms. The average molecular weight is 316 g/mol. The summed E-state index contributed by atoms with van der Waals surface area (Å²) in [6.07, 6.45) is -0.240. The van der Waals surface area contributed by atoms with Crippen LogP contribution in [0.15, 0.2) is 12.1 Å². The Morgan fingerprint density at radius 2 is 1.95 bits per heavy atom. The van der Waals surface area contributed by atoms with Crippen molar-refractivity contribution in [3.05, 3.63) is 12.1 Å². The van der Waals surface area contributed by atoms with Crippen molar-refractivity contribution in [2.45, 2.75) is 6.42 Å². The first-order chi connectivity index (χ1) is 9.91. The molecule has 0 unspecified atom stereocenters. The zero-order valence-corrected chi connectivity index (χ0v) is 12.2. The van der Waals surface area contributed by atoms with Gasteiger partial charge in [-0.25, -0.2) is 8.42 Å². The molecule has 1 aliphatic rings. The van der Waals surface area contributed by atoms with Crippen molar-refractivity contribution in [3.8, 4) is 11.5 Å². The lowest BCUT2D eigenvalue weighted by Gasteiger charge is -2.20. The highest BCUT2D eigenvalue weighted by Crippen LogP contribution is 2.37. The van der Waals surface area contributed by atoms with Gasteiger partial charge in [0.05, 0.1) is 30.7 Å². The van der Waals surface area contributed by atoms with Crippen molar-refractivity contribution in [2.75, 3.05) is 36.5 Å². The number of esters is 1. The third-order valence-corrected chi connectivity index (χ3v) is 4.05. The van der Waals surface area contributed by atoms with Crippen LogP contribution in [-0.4, -0.2) is 40.5 Å². The second kappa shape index (κ2) is 6.08. The third kappa shape index (κ3) is 3.91. The Hall–Kier alpha value is -2.16. The van der Waals surface area contributed by atoms with Gasteiger partial charge in [-0.2, -0.15) is 0 Å². The molecular weight excluding hydrogens is 300 g/mol. The molecule has 8 nitrogen and oxygen atoms in total. The van der Waals surface area contributed by atoms with Crippen molar-refractivity contribution >= 4 is 27.4 Å². The Bertz CT molecular complexity index is 643. The largest absolute Gasteiger partial charge is 0.486 e. The van der Waals surface area contributed by atoms with Crippen LogP contribution in [-0.2, 0) is 19.6 Å². The van der Waals surface area contributed by atoms with E-state index in [0.717, 1.165) is 0 Å². The summed E-state index contributed by atoms with van der Waals surface area (Å²) in [4.78, 5) is 11.0. The second-order valence-corrected chi connectivity index (χ2v) is 6.17. The summed E-state index contributed by atoms with van der Waals surface area (Å²) in [5.74, 6) is -0.110. The summed E-state index contributed by atoms with van der Waals surface area (Å²) >= 11 is 0. The van der Waals surface area contributed by atoms with Crippen LogP contribution < -0.4 is 19.9 Å². The van der Waals surface area contributed by atoms with Gasteiger partial charge in [0.15, 0.2) is 11.5 Å². The standard InChI is InChI=1S/C12H16N2O6S/c1-18-12(15)2-5-21(16,17)14-9-7-11-10(6-8(9)13)19-3-4-20-11/h6-7,14H,2-5,13H2,1H3. The highest BCUT2D eigenvalue weighted by atomic mass is 32.2. The molecule has 1 aromatic rings. The molecule has 21 heavy (non-hydrogen) atoms. The number of methoxy groups -OCH3 is 1. The molecule has 0 atom stereocenters. The van der Waals surface area contributed by atoms with Crippen LogP contribution in [0, 0.1) is 0 Å². The zero-order chi connectivity index (χ0) is 15.5. The van der Waals surface area contributed by atoms with Crippen molar-refractivity contribution in [2.24, 2.45) is 0 Å². The molecule has 3 N–H and O–H groups in total. The van der Waals surface area contributed by atoms with E-state index in [2.05, 4.69) is 9.46 Å². The molecule has 0 fully saturated rings. The summed E-state index contributed by atoms with van der Waals surface area (Å²) in [6.45, 7) is 0.794. The molecule has 0 spiro atoms. The highest BCUT2D eigenvalue weighted by Gasteiger charge is 2.19. The SMILES string of the molecule is COC(=O)CCS(=O)(=O)Nc1cc2c(cc1N)OCCO2. The number of nitrogen functional groups attached to an aromatic ring is 1. The predicted molar refractivity (Wildman–Crippen MR) is 75.9 cm³/mol. The van der Waals surface area contributed by atoms with Crippen LogP contribution in [0.3, 0.4) is 0 Å². The molecule has 0 bridgehead atoms. The molecule has 116 valence electrons. The highest BCUT2D eigenvalue weighted by molar-refractivity contribution is 7.92. The quantitative estimate of drug-likeness (QED) is 0.594. The molecule has 0 amide bonds. The summed E-state index contributed by atoms with van der Waals surface area (Å²) in [7, 11) is -2.52. The minimum Gasteiger partial charge on any atom is -0.486 e. The van der Waals surface area contributed by atoms with E-state index in [1.54, 1.807) is 0 Å². The number of carbonyl (C=O) groups is 1. The summed E-state index contributed by atoms with van der Waals surface area (Å²) < 4.78 is 41.2.